The first-order chi connectivity index (χ1) is 8.08. The largest absolute Gasteiger partial charge is 0.496 e. The second-order valence-electron chi connectivity index (χ2n) is 3.70. The van der Waals surface area contributed by atoms with Crippen molar-refractivity contribution in [3.8, 4) is 5.75 Å². The Bertz CT molecular complexity index is 396. The van der Waals surface area contributed by atoms with Gasteiger partial charge in [0.05, 0.1) is 12.7 Å². The van der Waals surface area contributed by atoms with Gasteiger partial charge in [-0.2, -0.15) is 0 Å². The fourth-order valence-corrected chi connectivity index (χ4v) is 1.88. The van der Waals surface area contributed by atoms with Crippen LogP contribution in [0.5, 0.6) is 5.75 Å². The molecule has 0 radical (unpaired) electrons. The van der Waals surface area contributed by atoms with E-state index < -0.39 is 0 Å². The maximum Gasteiger partial charge on any atom is 0.255 e. The van der Waals surface area contributed by atoms with E-state index in [9.17, 15) is 4.79 Å². The molecule has 1 unspecified atom stereocenters. The predicted molar refractivity (Wildman–Crippen MR) is 70.3 cm³/mol. The fraction of sp³-hybridized carbons (Fsp3) is 0.417. The minimum atomic E-state index is -0.184. The van der Waals surface area contributed by atoms with Crippen LogP contribution < -0.4 is 10.1 Å². The van der Waals surface area contributed by atoms with Crippen LogP contribution in [0.25, 0.3) is 0 Å². The average molecular weight is 276 g/mol. The van der Waals surface area contributed by atoms with Crippen LogP contribution in [0, 0.1) is 0 Å². The molecule has 0 saturated carbocycles. The number of benzene rings is 1. The van der Waals surface area contributed by atoms with Crippen molar-refractivity contribution in [2.24, 2.45) is 0 Å². The number of methoxy groups -OCH3 is 1. The number of alkyl halides is 1. The summed E-state index contributed by atoms with van der Waals surface area (Å²) in [5.74, 6) is 0.795. The summed E-state index contributed by atoms with van der Waals surface area (Å²) in [4.78, 5) is 11.9. The van der Waals surface area contributed by atoms with Crippen LogP contribution >= 0.6 is 23.2 Å². The molecule has 1 amide bonds. The third kappa shape index (κ3) is 4.10. The average Bonchev–Trinajstić information content (AvgIpc) is 2.28. The number of amides is 1. The Morgan fingerprint density at radius 3 is 2.82 bits per heavy atom. The number of ether oxygens (including phenoxy) is 1. The molecule has 1 atom stereocenters. The molecule has 94 valence electrons. The lowest BCUT2D eigenvalue weighted by Crippen LogP contribution is -2.33. The second kappa shape index (κ2) is 6.72. The van der Waals surface area contributed by atoms with E-state index in [4.69, 9.17) is 27.9 Å². The highest BCUT2D eigenvalue weighted by atomic mass is 35.5. The van der Waals surface area contributed by atoms with Gasteiger partial charge < -0.3 is 10.1 Å². The van der Waals surface area contributed by atoms with Gasteiger partial charge in [0.15, 0.2) is 0 Å². The summed E-state index contributed by atoms with van der Waals surface area (Å²) < 4.78 is 5.12. The van der Waals surface area contributed by atoms with Gasteiger partial charge >= 0.3 is 0 Å². The molecule has 1 aromatic rings. The smallest absolute Gasteiger partial charge is 0.255 e. The molecule has 5 heteroatoms. The Balaban J connectivity index is 2.81. The van der Waals surface area contributed by atoms with Crippen molar-refractivity contribution in [1.29, 1.82) is 0 Å². The van der Waals surface area contributed by atoms with Crippen molar-refractivity contribution in [2.45, 2.75) is 19.4 Å². The van der Waals surface area contributed by atoms with Gasteiger partial charge in [-0.15, -0.1) is 11.6 Å². The van der Waals surface area contributed by atoms with Gasteiger partial charge in [0.25, 0.3) is 5.91 Å². The fourth-order valence-electron chi connectivity index (χ4n) is 1.39. The molecule has 0 heterocycles. The third-order valence-corrected chi connectivity index (χ3v) is 2.78. The SMILES string of the molecule is COc1cc(Cl)ccc1C(=O)NC(C)CCCl. The van der Waals surface area contributed by atoms with Crippen LogP contribution in [0.2, 0.25) is 5.02 Å². The summed E-state index contributed by atoms with van der Waals surface area (Å²) in [6.07, 6.45) is 0.725. The number of hydrogen-bond acceptors (Lipinski definition) is 2. The van der Waals surface area contributed by atoms with Crippen LogP contribution in [0.1, 0.15) is 23.7 Å². The molecule has 0 bridgehead atoms. The van der Waals surface area contributed by atoms with Gasteiger partial charge in [-0.3, -0.25) is 4.79 Å². The maximum atomic E-state index is 11.9. The summed E-state index contributed by atoms with van der Waals surface area (Å²) in [6, 6.07) is 4.94. The highest BCUT2D eigenvalue weighted by Gasteiger charge is 2.14. The number of carbonyl (C=O) groups excluding carboxylic acids is 1. The standard InChI is InChI=1S/C12H15Cl2NO2/c1-8(5-6-13)15-12(16)10-4-3-9(14)7-11(10)17-2/h3-4,7-8H,5-6H2,1-2H3,(H,15,16). The van der Waals surface area contributed by atoms with Gasteiger partial charge in [-0.05, 0) is 31.5 Å². The molecule has 0 aliphatic carbocycles. The van der Waals surface area contributed by atoms with E-state index in [1.807, 2.05) is 6.92 Å². The number of nitrogens with one attached hydrogen (secondary N) is 1. The highest BCUT2D eigenvalue weighted by Crippen LogP contribution is 2.23. The summed E-state index contributed by atoms with van der Waals surface area (Å²) in [5, 5.41) is 3.38. The molecule has 3 nitrogen and oxygen atoms in total. The molecule has 0 aliphatic rings. The summed E-state index contributed by atoms with van der Waals surface area (Å²) in [5.41, 5.74) is 0.471. The zero-order valence-electron chi connectivity index (χ0n) is 9.80. The maximum absolute atomic E-state index is 11.9. The molecule has 1 aromatic carbocycles. The molecule has 0 spiro atoms. The van der Waals surface area contributed by atoms with Crippen molar-refractivity contribution in [2.75, 3.05) is 13.0 Å². The molecular weight excluding hydrogens is 261 g/mol. The first-order valence-corrected chi connectivity index (χ1v) is 6.20. The molecule has 0 aliphatic heterocycles. The van der Waals surface area contributed by atoms with Crippen LogP contribution in [0.3, 0.4) is 0 Å². The monoisotopic (exact) mass is 275 g/mol. The molecular formula is C12H15Cl2NO2. The van der Waals surface area contributed by atoms with Gasteiger partial charge in [-0.25, -0.2) is 0 Å². The van der Waals surface area contributed by atoms with Crippen molar-refractivity contribution in [3.63, 3.8) is 0 Å². The van der Waals surface area contributed by atoms with E-state index >= 15 is 0 Å². The Morgan fingerprint density at radius 2 is 2.24 bits per heavy atom. The molecule has 0 fully saturated rings. The Kier molecular flexibility index (Phi) is 5.59. The summed E-state index contributed by atoms with van der Waals surface area (Å²) in [6.45, 7) is 1.91. The van der Waals surface area contributed by atoms with E-state index in [0.717, 1.165) is 6.42 Å². The van der Waals surface area contributed by atoms with Gasteiger partial charge in [0.2, 0.25) is 0 Å². The minimum absolute atomic E-state index is 0.0281. The molecule has 0 saturated heterocycles. The highest BCUT2D eigenvalue weighted by molar-refractivity contribution is 6.30. The van der Waals surface area contributed by atoms with E-state index in [1.54, 1.807) is 18.2 Å². The quantitative estimate of drug-likeness (QED) is 0.839. The Morgan fingerprint density at radius 1 is 1.53 bits per heavy atom. The van der Waals surface area contributed by atoms with Crippen LogP contribution in [0.4, 0.5) is 0 Å². The molecule has 17 heavy (non-hydrogen) atoms. The molecule has 1 rings (SSSR count). The molecule has 1 N–H and O–H groups in total. The Hall–Kier alpha value is -0.930. The van der Waals surface area contributed by atoms with Gasteiger partial charge in [0, 0.05) is 16.9 Å². The third-order valence-electron chi connectivity index (χ3n) is 2.33. The van der Waals surface area contributed by atoms with Crippen molar-refractivity contribution >= 4 is 29.1 Å². The topological polar surface area (TPSA) is 38.3 Å². The zero-order chi connectivity index (χ0) is 12.8. The van der Waals surface area contributed by atoms with Crippen molar-refractivity contribution in [3.05, 3.63) is 28.8 Å². The van der Waals surface area contributed by atoms with E-state index in [2.05, 4.69) is 5.32 Å². The molecule has 0 aromatic heterocycles. The normalized spacial score (nSPS) is 12.0. The van der Waals surface area contributed by atoms with Crippen LogP contribution in [-0.2, 0) is 0 Å². The van der Waals surface area contributed by atoms with E-state index in [1.165, 1.54) is 7.11 Å². The lowest BCUT2D eigenvalue weighted by atomic mass is 10.1. The summed E-state index contributed by atoms with van der Waals surface area (Å²) in [7, 11) is 1.50. The number of halogens is 2. The summed E-state index contributed by atoms with van der Waals surface area (Å²) >= 11 is 11.4. The van der Waals surface area contributed by atoms with Crippen molar-refractivity contribution < 1.29 is 9.53 Å². The Labute approximate surface area is 111 Å². The number of carbonyl (C=O) groups is 1. The lowest BCUT2D eigenvalue weighted by Gasteiger charge is -2.14. The lowest BCUT2D eigenvalue weighted by molar-refractivity contribution is 0.0936. The van der Waals surface area contributed by atoms with Gasteiger partial charge in [0.1, 0.15) is 5.75 Å². The predicted octanol–water partition coefficient (Wildman–Crippen LogP) is 3.10. The van der Waals surface area contributed by atoms with Crippen LogP contribution in [0.15, 0.2) is 18.2 Å². The zero-order valence-corrected chi connectivity index (χ0v) is 11.3. The van der Waals surface area contributed by atoms with E-state index in [-0.39, 0.29) is 11.9 Å². The number of rotatable bonds is 5. The van der Waals surface area contributed by atoms with Crippen molar-refractivity contribution in [1.82, 2.24) is 5.32 Å². The van der Waals surface area contributed by atoms with Gasteiger partial charge in [-0.1, -0.05) is 11.6 Å². The number of hydrogen-bond donors (Lipinski definition) is 1. The second-order valence-corrected chi connectivity index (χ2v) is 4.51. The first-order valence-electron chi connectivity index (χ1n) is 5.29. The van der Waals surface area contributed by atoms with E-state index in [0.29, 0.717) is 22.2 Å². The van der Waals surface area contributed by atoms with Crippen LogP contribution in [-0.4, -0.2) is 24.9 Å². The first kappa shape index (κ1) is 14.1. The minimum Gasteiger partial charge on any atom is -0.496 e.